The van der Waals surface area contributed by atoms with Crippen molar-refractivity contribution in [1.82, 2.24) is 25.6 Å². The number of pyridine rings is 1. The Hall–Kier alpha value is -3.48. The predicted molar refractivity (Wildman–Crippen MR) is 118 cm³/mol. The molecule has 0 aliphatic heterocycles. The first-order valence-electron chi connectivity index (χ1n) is 10.3. The maximum Gasteiger partial charge on any atom is 0.257 e. The molecule has 0 aliphatic carbocycles. The summed E-state index contributed by atoms with van der Waals surface area (Å²) in [4.78, 5) is 28.4. The van der Waals surface area contributed by atoms with Gasteiger partial charge in [-0.15, -0.1) is 0 Å². The highest BCUT2D eigenvalue weighted by Crippen LogP contribution is 2.03. The van der Waals surface area contributed by atoms with Gasteiger partial charge in [0.25, 0.3) is 5.91 Å². The van der Waals surface area contributed by atoms with Crippen LogP contribution in [0.2, 0.25) is 0 Å². The first kappa shape index (κ1) is 21.2. The lowest BCUT2D eigenvalue weighted by molar-refractivity contribution is 0.0975. The quantitative estimate of drug-likeness (QED) is 0.275. The van der Waals surface area contributed by atoms with Crippen LogP contribution in [-0.4, -0.2) is 39.9 Å². The predicted octanol–water partition coefficient (Wildman–Crippen LogP) is 3.14. The van der Waals surface area contributed by atoms with Crippen molar-refractivity contribution in [3.8, 4) is 0 Å². The summed E-state index contributed by atoms with van der Waals surface area (Å²) in [5.74, 6) is 0.358. The van der Waals surface area contributed by atoms with Gasteiger partial charge in [-0.25, -0.2) is 4.98 Å². The van der Waals surface area contributed by atoms with Gasteiger partial charge in [0.05, 0.1) is 12.0 Å². The normalized spacial score (nSPS) is 11.3. The molecule has 30 heavy (non-hydrogen) atoms. The zero-order valence-electron chi connectivity index (χ0n) is 17.1. The van der Waals surface area contributed by atoms with E-state index in [0.29, 0.717) is 24.6 Å². The number of nitrogens with zero attached hydrogens (tertiary/aromatic N) is 3. The van der Waals surface area contributed by atoms with Gasteiger partial charge in [0.1, 0.15) is 0 Å². The Bertz CT molecular complexity index is 894. The van der Waals surface area contributed by atoms with Gasteiger partial charge in [0.2, 0.25) is 0 Å². The fourth-order valence-corrected chi connectivity index (χ4v) is 2.99. The minimum atomic E-state index is -0.162. The van der Waals surface area contributed by atoms with Crippen molar-refractivity contribution in [3.63, 3.8) is 0 Å². The largest absolute Gasteiger partial charge is 0.356 e. The molecule has 3 rings (SSSR count). The number of guanidine groups is 1. The average molecular weight is 405 g/mol. The molecule has 0 aliphatic rings. The summed E-state index contributed by atoms with van der Waals surface area (Å²) < 4.78 is 0. The second kappa shape index (κ2) is 12.2. The molecule has 0 spiro atoms. The van der Waals surface area contributed by atoms with Crippen molar-refractivity contribution >= 4 is 11.9 Å². The van der Waals surface area contributed by atoms with Crippen LogP contribution in [0, 0.1) is 0 Å². The van der Waals surface area contributed by atoms with Crippen LogP contribution in [0.5, 0.6) is 0 Å². The third kappa shape index (κ3) is 7.50. The lowest BCUT2D eigenvalue weighted by Crippen LogP contribution is -2.41. The van der Waals surface area contributed by atoms with E-state index in [1.165, 1.54) is 5.56 Å². The number of amides is 1. The third-order valence-corrected chi connectivity index (χ3v) is 4.59. The van der Waals surface area contributed by atoms with Crippen LogP contribution >= 0.6 is 0 Å². The highest BCUT2D eigenvalue weighted by atomic mass is 16.1. The summed E-state index contributed by atoms with van der Waals surface area (Å²) in [6, 6.07) is 13.2. The van der Waals surface area contributed by atoms with Crippen LogP contribution < -0.4 is 10.6 Å². The van der Waals surface area contributed by atoms with Gasteiger partial charge in [-0.3, -0.25) is 20.1 Å². The van der Waals surface area contributed by atoms with Crippen LogP contribution in [0.25, 0.3) is 0 Å². The second-order valence-corrected chi connectivity index (χ2v) is 6.96. The summed E-state index contributed by atoms with van der Waals surface area (Å²) in [7, 11) is 0. The SMILES string of the molecule is O=C(NC(=NCCCCc1cccnc1)NCCCc1c[nH]cn1)c1ccccc1. The van der Waals surface area contributed by atoms with Crippen LogP contribution in [0.3, 0.4) is 0 Å². The monoisotopic (exact) mass is 404 g/mol. The molecule has 0 atom stereocenters. The van der Waals surface area contributed by atoms with Crippen molar-refractivity contribution in [3.05, 3.63) is 84.2 Å². The molecule has 0 radical (unpaired) electrons. The molecule has 0 unspecified atom stereocenters. The number of unbranched alkanes of at least 4 members (excludes halogenated alkanes) is 1. The number of hydrogen-bond donors (Lipinski definition) is 3. The molecule has 0 fully saturated rings. The van der Waals surface area contributed by atoms with E-state index in [4.69, 9.17) is 0 Å². The summed E-state index contributed by atoms with van der Waals surface area (Å²) in [6.07, 6.45) is 12.0. The first-order chi connectivity index (χ1) is 14.8. The Labute approximate surface area is 177 Å². The topological polar surface area (TPSA) is 95.1 Å². The number of H-pyrrole nitrogens is 1. The standard InChI is InChI=1S/C23H28N6O/c30-22(20-10-2-1-3-11-20)29-23(27-15-7-12-21-17-25-18-28-21)26-14-5-4-8-19-9-6-13-24-16-19/h1-3,6,9-11,13,16-18H,4-5,7-8,12,14-15H2,(H,25,28)(H2,26,27,29,30). The number of carbonyl (C=O) groups is 1. The van der Waals surface area contributed by atoms with Crippen LogP contribution in [0.15, 0.2) is 72.4 Å². The number of hydrogen-bond acceptors (Lipinski definition) is 4. The summed E-state index contributed by atoms with van der Waals surface area (Å²) in [6.45, 7) is 1.35. The number of carbonyl (C=O) groups excluding carboxylic acids is 1. The molecule has 0 saturated heterocycles. The molecular weight excluding hydrogens is 376 g/mol. The summed E-state index contributed by atoms with van der Waals surface area (Å²) >= 11 is 0. The highest BCUT2D eigenvalue weighted by Gasteiger charge is 2.08. The van der Waals surface area contributed by atoms with Crippen molar-refractivity contribution in [2.75, 3.05) is 13.1 Å². The van der Waals surface area contributed by atoms with E-state index >= 15 is 0 Å². The van der Waals surface area contributed by atoms with Crippen LogP contribution in [0.4, 0.5) is 0 Å². The number of rotatable bonds is 10. The van der Waals surface area contributed by atoms with E-state index in [1.54, 1.807) is 24.7 Å². The first-order valence-corrected chi connectivity index (χ1v) is 10.3. The Morgan fingerprint density at radius 2 is 1.93 bits per heavy atom. The van der Waals surface area contributed by atoms with E-state index in [9.17, 15) is 4.79 Å². The molecule has 1 aromatic carbocycles. The van der Waals surface area contributed by atoms with Gasteiger partial charge in [0, 0.05) is 37.2 Å². The minimum absolute atomic E-state index is 0.162. The molecule has 3 aromatic rings. The number of benzene rings is 1. The molecule has 2 aromatic heterocycles. The zero-order valence-corrected chi connectivity index (χ0v) is 17.1. The smallest absolute Gasteiger partial charge is 0.257 e. The van der Waals surface area contributed by atoms with Gasteiger partial charge < -0.3 is 10.3 Å². The molecule has 0 saturated carbocycles. The number of aromatic nitrogens is 3. The van der Waals surface area contributed by atoms with Gasteiger partial charge >= 0.3 is 0 Å². The van der Waals surface area contributed by atoms with Crippen LogP contribution in [0.1, 0.15) is 40.9 Å². The van der Waals surface area contributed by atoms with E-state index in [1.807, 2.05) is 36.7 Å². The van der Waals surface area contributed by atoms with Crippen molar-refractivity contribution < 1.29 is 4.79 Å². The molecule has 7 nitrogen and oxygen atoms in total. The number of aryl methyl sites for hydroxylation is 2. The number of aliphatic imine (C=N–C) groups is 1. The van der Waals surface area contributed by atoms with Gasteiger partial charge in [-0.2, -0.15) is 0 Å². The van der Waals surface area contributed by atoms with Crippen molar-refractivity contribution in [2.45, 2.75) is 32.1 Å². The zero-order chi connectivity index (χ0) is 20.9. The van der Waals surface area contributed by atoms with Gasteiger partial charge in [-0.05, 0) is 55.9 Å². The Balaban J connectivity index is 1.48. The molecule has 1 amide bonds. The maximum absolute atomic E-state index is 12.5. The Kier molecular flexibility index (Phi) is 8.61. The van der Waals surface area contributed by atoms with E-state index in [0.717, 1.165) is 37.8 Å². The lowest BCUT2D eigenvalue weighted by Gasteiger charge is -2.12. The van der Waals surface area contributed by atoms with Crippen LogP contribution in [-0.2, 0) is 12.8 Å². The van der Waals surface area contributed by atoms with E-state index in [2.05, 4.69) is 36.6 Å². The molecular formula is C23H28N6O. The molecule has 2 heterocycles. The number of imidazole rings is 1. The summed E-state index contributed by atoms with van der Waals surface area (Å²) in [5.41, 5.74) is 2.87. The van der Waals surface area contributed by atoms with Crippen molar-refractivity contribution in [1.29, 1.82) is 0 Å². The highest BCUT2D eigenvalue weighted by molar-refractivity contribution is 6.05. The Morgan fingerprint density at radius 3 is 2.70 bits per heavy atom. The molecule has 0 bridgehead atoms. The average Bonchev–Trinajstić information content (AvgIpc) is 3.31. The van der Waals surface area contributed by atoms with Gasteiger partial charge in [-0.1, -0.05) is 24.3 Å². The number of nitrogens with one attached hydrogen (secondary N) is 3. The fourth-order valence-electron chi connectivity index (χ4n) is 2.99. The molecule has 7 heteroatoms. The molecule has 3 N–H and O–H groups in total. The second-order valence-electron chi connectivity index (χ2n) is 6.96. The lowest BCUT2D eigenvalue weighted by atomic mass is 10.1. The van der Waals surface area contributed by atoms with E-state index in [-0.39, 0.29) is 5.91 Å². The number of aromatic amines is 1. The molecule has 156 valence electrons. The third-order valence-electron chi connectivity index (χ3n) is 4.59. The van der Waals surface area contributed by atoms with Crippen molar-refractivity contribution in [2.24, 2.45) is 4.99 Å². The fraction of sp³-hybridized carbons (Fsp3) is 0.304. The maximum atomic E-state index is 12.5. The minimum Gasteiger partial charge on any atom is -0.356 e. The summed E-state index contributed by atoms with van der Waals surface area (Å²) in [5, 5.41) is 6.17. The van der Waals surface area contributed by atoms with E-state index < -0.39 is 0 Å². The van der Waals surface area contributed by atoms with Gasteiger partial charge in [0.15, 0.2) is 5.96 Å². The Morgan fingerprint density at radius 1 is 1.03 bits per heavy atom.